The zero-order valence-corrected chi connectivity index (χ0v) is 12.8. The van der Waals surface area contributed by atoms with Gasteiger partial charge in [-0.3, -0.25) is 4.79 Å². The third-order valence-corrected chi connectivity index (χ3v) is 3.90. The van der Waals surface area contributed by atoms with Gasteiger partial charge in [0.1, 0.15) is 11.9 Å². The minimum atomic E-state index is -0.112. The maximum Gasteiger partial charge on any atom is 0.305 e. The summed E-state index contributed by atoms with van der Waals surface area (Å²) in [5.41, 5.74) is 1.18. The summed E-state index contributed by atoms with van der Waals surface area (Å²) in [4.78, 5) is 11.6. The minimum Gasteiger partial charge on any atom is -0.468 e. The fourth-order valence-corrected chi connectivity index (χ4v) is 2.83. The molecule has 116 valence electrons. The molecule has 2 unspecified atom stereocenters. The topological polar surface area (TPSA) is 44.8 Å². The van der Waals surface area contributed by atoms with Crippen LogP contribution in [0.4, 0.5) is 0 Å². The second kappa shape index (κ2) is 8.03. The van der Waals surface area contributed by atoms with Gasteiger partial charge in [0.25, 0.3) is 0 Å². The standard InChI is InChI=1S/C17H24O4/c1-3-17(18)21-16-10-5-4-9-15(16)13-7-6-8-14(11-13)20-12-19-2/h6-8,11,15-16H,3-5,9-10,12H2,1-2H3. The minimum absolute atomic E-state index is 0.0103. The molecule has 1 aliphatic carbocycles. The summed E-state index contributed by atoms with van der Waals surface area (Å²) in [5.74, 6) is 0.944. The largest absolute Gasteiger partial charge is 0.468 e. The highest BCUT2D eigenvalue weighted by molar-refractivity contribution is 5.69. The molecule has 0 amide bonds. The van der Waals surface area contributed by atoms with Gasteiger partial charge in [0, 0.05) is 19.4 Å². The molecule has 1 aromatic rings. The first kappa shape index (κ1) is 15.8. The van der Waals surface area contributed by atoms with Crippen LogP contribution in [0.3, 0.4) is 0 Å². The Morgan fingerprint density at radius 2 is 2.10 bits per heavy atom. The highest BCUT2D eigenvalue weighted by Crippen LogP contribution is 2.36. The number of ether oxygens (including phenoxy) is 3. The summed E-state index contributed by atoms with van der Waals surface area (Å²) in [6.45, 7) is 2.07. The number of hydrogen-bond acceptors (Lipinski definition) is 4. The molecule has 2 atom stereocenters. The first-order valence-electron chi connectivity index (χ1n) is 7.65. The van der Waals surface area contributed by atoms with Gasteiger partial charge in [-0.2, -0.15) is 0 Å². The molecule has 0 radical (unpaired) electrons. The van der Waals surface area contributed by atoms with Crippen LogP contribution < -0.4 is 4.74 Å². The number of benzene rings is 1. The summed E-state index contributed by atoms with van der Waals surface area (Å²) in [6.07, 6.45) is 4.71. The Morgan fingerprint density at radius 3 is 2.86 bits per heavy atom. The summed E-state index contributed by atoms with van der Waals surface area (Å²) in [5, 5.41) is 0. The van der Waals surface area contributed by atoms with Crippen LogP contribution in [0.2, 0.25) is 0 Å². The summed E-state index contributed by atoms with van der Waals surface area (Å²) >= 11 is 0. The van der Waals surface area contributed by atoms with Crippen LogP contribution in [-0.2, 0) is 14.3 Å². The molecular formula is C17H24O4. The molecule has 0 spiro atoms. The van der Waals surface area contributed by atoms with E-state index in [0.717, 1.165) is 25.0 Å². The Hall–Kier alpha value is -1.55. The molecule has 2 rings (SSSR count). The van der Waals surface area contributed by atoms with Crippen molar-refractivity contribution >= 4 is 5.97 Å². The molecule has 0 N–H and O–H groups in total. The molecule has 0 heterocycles. The van der Waals surface area contributed by atoms with Crippen molar-refractivity contribution in [3.8, 4) is 5.75 Å². The predicted molar refractivity (Wildman–Crippen MR) is 80.3 cm³/mol. The van der Waals surface area contributed by atoms with Gasteiger partial charge in [0.05, 0.1) is 0 Å². The van der Waals surface area contributed by atoms with Gasteiger partial charge >= 0.3 is 5.97 Å². The van der Waals surface area contributed by atoms with Crippen molar-refractivity contribution in [2.45, 2.75) is 51.0 Å². The lowest BCUT2D eigenvalue weighted by molar-refractivity contribution is -0.151. The van der Waals surface area contributed by atoms with Gasteiger partial charge in [-0.15, -0.1) is 0 Å². The normalized spacial score (nSPS) is 21.8. The van der Waals surface area contributed by atoms with Gasteiger partial charge in [-0.1, -0.05) is 25.5 Å². The molecule has 4 heteroatoms. The fourth-order valence-electron chi connectivity index (χ4n) is 2.83. The molecule has 1 fully saturated rings. The summed E-state index contributed by atoms with van der Waals surface area (Å²) in [7, 11) is 1.60. The SMILES string of the molecule is CCC(=O)OC1CCCCC1c1cccc(OCOC)c1. The van der Waals surface area contributed by atoms with Crippen LogP contribution in [0.25, 0.3) is 0 Å². The Morgan fingerprint density at radius 1 is 1.29 bits per heavy atom. The van der Waals surface area contributed by atoms with Gasteiger partial charge in [-0.25, -0.2) is 0 Å². The van der Waals surface area contributed by atoms with Crippen molar-refractivity contribution in [3.63, 3.8) is 0 Å². The second-order valence-corrected chi connectivity index (χ2v) is 5.40. The van der Waals surface area contributed by atoms with E-state index in [4.69, 9.17) is 14.2 Å². The average molecular weight is 292 g/mol. The van der Waals surface area contributed by atoms with Crippen LogP contribution in [0.5, 0.6) is 5.75 Å². The average Bonchev–Trinajstić information content (AvgIpc) is 2.53. The Labute approximate surface area is 126 Å². The lowest BCUT2D eigenvalue weighted by Crippen LogP contribution is -2.28. The number of esters is 1. The Bertz CT molecular complexity index is 458. The van der Waals surface area contributed by atoms with E-state index in [0.29, 0.717) is 6.42 Å². The number of methoxy groups -OCH3 is 1. The maximum atomic E-state index is 11.6. The van der Waals surface area contributed by atoms with E-state index in [1.807, 2.05) is 25.1 Å². The fraction of sp³-hybridized carbons (Fsp3) is 0.588. The van der Waals surface area contributed by atoms with Crippen molar-refractivity contribution in [3.05, 3.63) is 29.8 Å². The van der Waals surface area contributed by atoms with Crippen molar-refractivity contribution in [2.24, 2.45) is 0 Å². The second-order valence-electron chi connectivity index (χ2n) is 5.40. The highest BCUT2D eigenvalue weighted by atomic mass is 16.7. The molecule has 1 aromatic carbocycles. The van der Waals surface area contributed by atoms with Crippen LogP contribution in [0.1, 0.15) is 50.5 Å². The smallest absolute Gasteiger partial charge is 0.305 e. The Balaban J connectivity index is 2.10. The monoisotopic (exact) mass is 292 g/mol. The maximum absolute atomic E-state index is 11.6. The van der Waals surface area contributed by atoms with Crippen molar-refractivity contribution in [2.75, 3.05) is 13.9 Å². The van der Waals surface area contributed by atoms with E-state index < -0.39 is 0 Å². The van der Waals surface area contributed by atoms with Crippen LogP contribution >= 0.6 is 0 Å². The zero-order valence-electron chi connectivity index (χ0n) is 12.8. The van der Waals surface area contributed by atoms with Crippen molar-refractivity contribution < 1.29 is 19.0 Å². The highest BCUT2D eigenvalue weighted by Gasteiger charge is 2.29. The Kier molecular flexibility index (Phi) is 6.05. The van der Waals surface area contributed by atoms with E-state index in [1.165, 1.54) is 12.0 Å². The van der Waals surface area contributed by atoms with E-state index in [1.54, 1.807) is 7.11 Å². The molecule has 21 heavy (non-hydrogen) atoms. The molecule has 0 aliphatic heterocycles. The van der Waals surface area contributed by atoms with Gasteiger partial charge in [0.15, 0.2) is 6.79 Å². The zero-order chi connectivity index (χ0) is 15.1. The lowest BCUT2D eigenvalue weighted by Gasteiger charge is -2.31. The molecule has 1 aliphatic rings. The third kappa shape index (κ3) is 4.46. The molecule has 1 saturated carbocycles. The van der Waals surface area contributed by atoms with Gasteiger partial charge < -0.3 is 14.2 Å². The molecule has 0 saturated heterocycles. The van der Waals surface area contributed by atoms with Crippen LogP contribution in [0.15, 0.2) is 24.3 Å². The van der Waals surface area contributed by atoms with Gasteiger partial charge in [-0.05, 0) is 37.0 Å². The predicted octanol–water partition coefficient (Wildman–Crippen LogP) is 3.65. The van der Waals surface area contributed by atoms with E-state index in [2.05, 4.69) is 6.07 Å². The molecular weight excluding hydrogens is 268 g/mol. The number of carbonyl (C=O) groups excluding carboxylic acids is 1. The van der Waals surface area contributed by atoms with Crippen molar-refractivity contribution in [1.82, 2.24) is 0 Å². The molecule has 0 bridgehead atoms. The first-order chi connectivity index (χ1) is 10.2. The summed E-state index contributed by atoms with van der Waals surface area (Å²) < 4.78 is 16.0. The van der Waals surface area contributed by atoms with Crippen molar-refractivity contribution in [1.29, 1.82) is 0 Å². The number of rotatable bonds is 6. The van der Waals surface area contributed by atoms with Gasteiger partial charge in [0.2, 0.25) is 0 Å². The lowest BCUT2D eigenvalue weighted by atomic mass is 9.81. The molecule has 4 nitrogen and oxygen atoms in total. The van der Waals surface area contributed by atoms with Crippen LogP contribution in [-0.4, -0.2) is 26.0 Å². The van der Waals surface area contributed by atoms with E-state index in [-0.39, 0.29) is 24.8 Å². The quantitative estimate of drug-likeness (QED) is 0.593. The van der Waals surface area contributed by atoms with E-state index in [9.17, 15) is 4.79 Å². The first-order valence-corrected chi connectivity index (χ1v) is 7.65. The molecule has 0 aromatic heterocycles. The van der Waals surface area contributed by atoms with E-state index >= 15 is 0 Å². The van der Waals surface area contributed by atoms with Crippen LogP contribution in [0, 0.1) is 0 Å². The summed E-state index contributed by atoms with van der Waals surface area (Å²) in [6, 6.07) is 8.01. The number of carbonyl (C=O) groups is 1. The third-order valence-electron chi connectivity index (χ3n) is 3.90. The number of hydrogen-bond donors (Lipinski definition) is 0.